The second-order valence-electron chi connectivity index (χ2n) is 5.70. The van der Waals surface area contributed by atoms with Crippen molar-refractivity contribution in [3.05, 3.63) is 28.8 Å². The number of hydrogen-bond acceptors (Lipinski definition) is 5. The van der Waals surface area contributed by atoms with Crippen molar-refractivity contribution in [3.63, 3.8) is 0 Å². The quantitative estimate of drug-likeness (QED) is 0.392. The van der Waals surface area contributed by atoms with Crippen molar-refractivity contribution in [2.45, 2.75) is 44.3 Å². The Bertz CT molecular complexity index is 577. The highest BCUT2D eigenvalue weighted by molar-refractivity contribution is 8.77. The standard InChI is InChI=1S/C17H22ClNO3S2/c1-12-14(18)6-4-7-15(12)19-16(20)11-22-17(21)8-3-2-5-13-9-10-23-24-13/h4,6-7,13H,2-3,5,8-11H2,1H3,(H,19,20)/t13-/m0/s1. The summed E-state index contributed by atoms with van der Waals surface area (Å²) in [6.07, 6.45) is 4.63. The van der Waals surface area contributed by atoms with Gasteiger partial charge in [-0.15, -0.1) is 0 Å². The second-order valence-corrected chi connectivity index (χ2v) is 8.89. The number of amides is 1. The van der Waals surface area contributed by atoms with Gasteiger partial charge < -0.3 is 10.1 Å². The summed E-state index contributed by atoms with van der Waals surface area (Å²) < 4.78 is 5.02. The first-order valence-electron chi connectivity index (χ1n) is 8.05. The molecular formula is C17H22ClNO3S2. The van der Waals surface area contributed by atoms with E-state index in [1.807, 2.05) is 28.5 Å². The summed E-state index contributed by atoms with van der Waals surface area (Å²) in [5.74, 6) is 0.563. The fourth-order valence-corrected chi connectivity index (χ4v) is 5.56. The van der Waals surface area contributed by atoms with Gasteiger partial charge in [0.25, 0.3) is 5.91 Å². The average Bonchev–Trinajstić information content (AvgIpc) is 3.07. The predicted octanol–water partition coefficient (Wildman–Crippen LogP) is 4.84. The van der Waals surface area contributed by atoms with E-state index in [0.29, 0.717) is 17.1 Å². The highest BCUT2D eigenvalue weighted by Crippen LogP contribution is 2.39. The van der Waals surface area contributed by atoms with Crippen LogP contribution in [-0.2, 0) is 14.3 Å². The molecule has 7 heteroatoms. The topological polar surface area (TPSA) is 55.4 Å². The summed E-state index contributed by atoms with van der Waals surface area (Å²) in [4.78, 5) is 23.5. The van der Waals surface area contributed by atoms with Gasteiger partial charge in [0.05, 0.1) is 0 Å². The Labute approximate surface area is 155 Å². The van der Waals surface area contributed by atoms with E-state index in [1.165, 1.54) is 12.2 Å². The predicted molar refractivity (Wildman–Crippen MR) is 103 cm³/mol. The molecule has 0 radical (unpaired) electrons. The van der Waals surface area contributed by atoms with Gasteiger partial charge in [0, 0.05) is 28.1 Å². The molecule has 1 aromatic carbocycles. The molecule has 0 saturated carbocycles. The van der Waals surface area contributed by atoms with Gasteiger partial charge in [0.2, 0.25) is 0 Å². The van der Waals surface area contributed by atoms with Gasteiger partial charge in [-0.3, -0.25) is 9.59 Å². The van der Waals surface area contributed by atoms with Gasteiger partial charge in [-0.2, -0.15) is 0 Å². The maximum atomic E-state index is 11.8. The van der Waals surface area contributed by atoms with Crippen LogP contribution in [0.2, 0.25) is 5.02 Å². The molecule has 0 bridgehead atoms. The van der Waals surface area contributed by atoms with Crippen molar-refractivity contribution in [3.8, 4) is 0 Å². The van der Waals surface area contributed by atoms with Gasteiger partial charge in [0.15, 0.2) is 6.61 Å². The number of benzene rings is 1. The molecule has 1 aromatic rings. The lowest BCUT2D eigenvalue weighted by Crippen LogP contribution is -2.21. The molecule has 0 aliphatic carbocycles. The van der Waals surface area contributed by atoms with Gasteiger partial charge in [-0.1, -0.05) is 45.7 Å². The Hall–Kier alpha value is -0.850. The molecule has 1 saturated heterocycles. The first kappa shape index (κ1) is 19.5. The highest BCUT2D eigenvalue weighted by atomic mass is 35.5. The Morgan fingerprint density at radius 2 is 2.21 bits per heavy atom. The molecule has 2 rings (SSSR count). The number of halogens is 1. The summed E-state index contributed by atoms with van der Waals surface area (Å²) in [6.45, 7) is 1.56. The molecule has 24 heavy (non-hydrogen) atoms. The van der Waals surface area contributed by atoms with Crippen molar-refractivity contribution in [2.75, 3.05) is 17.7 Å². The smallest absolute Gasteiger partial charge is 0.306 e. The van der Waals surface area contributed by atoms with Crippen molar-refractivity contribution >= 4 is 50.8 Å². The van der Waals surface area contributed by atoms with Gasteiger partial charge in [0.1, 0.15) is 0 Å². The molecule has 1 heterocycles. The van der Waals surface area contributed by atoms with Crippen LogP contribution in [0.3, 0.4) is 0 Å². The van der Waals surface area contributed by atoms with Crippen LogP contribution < -0.4 is 5.32 Å². The number of esters is 1. The third-order valence-electron chi connectivity index (χ3n) is 3.79. The van der Waals surface area contributed by atoms with Crippen LogP contribution in [0.25, 0.3) is 0 Å². The maximum absolute atomic E-state index is 11.8. The van der Waals surface area contributed by atoms with Gasteiger partial charge in [-0.05, 0) is 43.9 Å². The maximum Gasteiger partial charge on any atom is 0.306 e. The molecule has 1 aliphatic rings. The SMILES string of the molecule is Cc1c(Cl)cccc1NC(=O)COC(=O)CCCC[C@H]1CCSS1. The summed E-state index contributed by atoms with van der Waals surface area (Å²) in [5, 5.41) is 4.03. The molecule has 1 N–H and O–H groups in total. The van der Waals surface area contributed by atoms with E-state index in [9.17, 15) is 9.59 Å². The number of carbonyl (C=O) groups excluding carboxylic acids is 2. The van der Waals surface area contributed by atoms with Crippen LogP contribution in [0, 0.1) is 6.92 Å². The summed E-state index contributed by atoms with van der Waals surface area (Å²) in [7, 11) is 3.89. The minimum Gasteiger partial charge on any atom is -0.456 e. The minimum atomic E-state index is -0.354. The molecule has 4 nitrogen and oxygen atoms in total. The van der Waals surface area contributed by atoms with E-state index in [-0.39, 0.29) is 18.5 Å². The fourth-order valence-electron chi connectivity index (χ4n) is 2.35. The zero-order valence-electron chi connectivity index (χ0n) is 13.7. The van der Waals surface area contributed by atoms with Gasteiger partial charge in [-0.25, -0.2) is 0 Å². The summed E-state index contributed by atoms with van der Waals surface area (Å²) in [5.41, 5.74) is 1.43. The van der Waals surface area contributed by atoms with Crippen molar-refractivity contribution in [1.82, 2.24) is 0 Å². The summed E-state index contributed by atoms with van der Waals surface area (Å²) in [6, 6.07) is 5.29. The van der Waals surface area contributed by atoms with Crippen LogP contribution in [0.5, 0.6) is 0 Å². The van der Waals surface area contributed by atoms with Crippen molar-refractivity contribution in [2.24, 2.45) is 0 Å². The van der Waals surface area contributed by atoms with E-state index in [2.05, 4.69) is 5.32 Å². The van der Waals surface area contributed by atoms with Crippen LogP contribution in [0.15, 0.2) is 18.2 Å². The van der Waals surface area contributed by atoms with E-state index >= 15 is 0 Å². The molecule has 1 atom stereocenters. The molecular weight excluding hydrogens is 366 g/mol. The molecule has 1 amide bonds. The molecule has 0 unspecified atom stereocenters. The van der Waals surface area contributed by atoms with Crippen molar-refractivity contribution < 1.29 is 14.3 Å². The third kappa shape index (κ3) is 6.57. The number of unbranched alkanes of at least 4 members (excludes halogenated alkanes) is 1. The number of hydrogen-bond donors (Lipinski definition) is 1. The molecule has 1 fully saturated rings. The Morgan fingerprint density at radius 1 is 1.38 bits per heavy atom. The first-order valence-corrected chi connectivity index (χ1v) is 10.8. The first-order chi connectivity index (χ1) is 11.6. The zero-order chi connectivity index (χ0) is 17.4. The van der Waals surface area contributed by atoms with E-state index < -0.39 is 0 Å². The largest absolute Gasteiger partial charge is 0.456 e. The van der Waals surface area contributed by atoms with Crippen LogP contribution in [-0.4, -0.2) is 29.5 Å². The zero-order valence-corrected chi connectivity index (χ0v) is 16.1. The number of nitrogens with one attached hydrogen (secondary N) is 1. The van der Waals surface area contributed by atoms with E-state index in [4.69, 9.17) is 16.3 Å². The number of anilines is 1. The van der Waals surface area contributed by atoms with Crippen LogP contribution in [0.1, 0.15) is 37.7 Å². The van der Waals surface area contributed by atoms with E-state index in [0.717, 1.165) is 30.1 Å². The Balaban J connectivity index is 1.60. The lowest BCUT2D eigenvalue weighted by molar-refractivity contribution is -0.147. The molecule has 132 valence electrons. The van der Waals surface area contributed by atoms with Crippen LogP contribution >= 0.6 is 33.2 Å². The lowest BCUT2D eigenvalue weighted by atomic mass is 10.1. The van der Waals surface area contributed by atoms with E-state index in [1.54, 1.807) is 18.2 Å². The van der Waals surface area contributed by atoms with Crippen molar-refractivity contribution in [1.29, 1.82) is 0 Å². The van der Waals surface area contributed by atoms with Crippen LogP contribution in [0.4, 0.5) is 5.69 Å². The average molecular weight is 388 g/mol. The number of ether oxygens (including phenoxy) is 1. The normalized spacial score (nSPS) is 16.8. The molecule has 0 spiro atoms. The van der Waals surface area contributed by atoms with Gasteiger partial charge >= 0.3 is 5.97 Å². The summed E-state index contributed by atoms with van der Waals surface area (Å²) >= 11 is 6.00. The fraction of sp³-hybridized carbons (Fsp3) is 0.529. The number of rotatable bonds is 8. The minimum absolute atomic E-state index is 0.264. The number of carbonyl (C=O) groups is 2. The second kappa shape index (κ2) is 10.2. The monoisotopic (exact) mass is 387 g/mol. The molecule has 0 aromatic heterocycles. The Morgan fingerprint density at radius 3 is 2.96 bits per heavy atom. The molecule has 1 aliphatic heterocycles. The Kier molecular flexibility index (Phi) is 8.29. The third-order valence-corrected chi connectivity index (χ3v) is 7.21. The highest BCUT2D eigenvalue weighted by Gasteiger charge is 2.16. The lowest BCUT2D eigenvalue weighted by Gasteiger charge is -2.10.